The van der Waals surface area contributed by atoms with Crippen LogP contribution in [0, 0.1) is 0 Å². The second-order valence-corrected chi connectivity index (χ2v) is 24.9. The standard InChI is InChI=1S/C33H60IP/c1-5-9-12-15-18-21-28-35(34,29-22-19-16-13-10-6-2,30-23-20-17-14-11-7-3)31-33-26-24-32(8-4)25-27-33/h8,24-27H,4-7,9-23,28-31H2,1-3H3. The van der Waals surface area contributed by atoms with Gasteiger partial charge < -0.3 is 0 Å². The van der Waals surface area contributed by atoms with Crippen molar-refractivity contribution in [3.8, 4) is 0 Å². The molecule has 0 fully saturated rings. The number of unbranched alkanes of at least 4 members (excludes halogenated alkanes) is 15. The molecular formula is C33H60IP. The van der Waals surface area contributed by atoms with Crippen molar-refractivity contribution in [1.29, 1.82) is 0 Å². The molecule has 0 amide bonds. The molecule has 0 nitrogen and oxygen atoms in total. The fourth-order valence-electron chi connectivity index (χ4n) is 5.65. The quantitative estimate of drug-likeness (QED) is 0.0617. The molecule has 0 saturated heterocycles. The molecule has 1 aromatic rings. The molecule has 0 saturated carbocycles. The summed E-state index contributed by atoms with van der Waals surface area (Å²) in [6, 6.07) is 9.42. The Hall–Kier alpha value is 0.120. The predicted molar refractivity (Wildman–Crippen MR) is 176 cm³/mol. The summed E-state index contributed by atoms with van der Waals surface area (Å²) in [4.78, 5) is 0. The summed E-state index contributed by atoms with van der Waals surface area (Å²) in [7, 11) is 0. The molecule has 0 aliphatic rings. The van der Waals surface area contributed by atoms with Crippen LogP contribution in [-0.2, 0) is 6.16 Å². The van der Waals surface area contributed by atoms with Crippen LogP contribution in [-0.4, -0.2) is 18.5 Å². The summed E-state index contributed by atoms with van der Waals surface area (Å²) < 4.78 is -1.83. The third-order valence-electron chi connectivity index (χ3n) is 8.00. The SMILES string of the molecule is C=Cc1ccc(CP(I)(CCCCCCCC)(CCCCCCCC)CCCCCCCC)cc1. The maximum atomic E-state index is 3.97. The fourth-order valence-corrected chi connectivity index (χ4v) is 15.2. The van der Waals surface area contributed by atoms with E-state index >= 15 is 0 Å². The van der Waals surface area contributed by atoms with Crippen molar-refractivity contribution < 1.29 is 0 Å². The van der Waals surface area contributed by atoms with Crippen LogP contribution in [0.4, 0.5) is 0 Å². The van der Waals surface area contributed by atoms with Crippen LogP contribution in [0.15, 0.2) is 30.8 Å². The van der Waals surface area contributed by atoms with Crippen LogP contribution in [0.3, 0.4) is 0 Å². The van der Waals surface area contributed by atoms with Gasteiger partial charge in [-0.05, 0) is 0 Å². The van der Waals surface area contributed by atoms with Crippen molar-refractivity contribution in [2.45, 2.75) is 143 Å². The maximum absolute atomic E-state index is 3.97. The van der Waals surface area contributed by atoms with E-state index in [1.165, 1.54) is 146 Å². The van der Waals surface area contributed by atoms with Crippen molar-refractivity contribution in [1.82, 2.24) is 0 Å². The van der Waals surface area contributed by atoms with Crippen LogP contribution < -0.4 is 0 Å². The van der Waals surface area contributed by atoms with Crippen LogP contribution >= 0.6 is 26.3 Å². The normalized spacial score (nSPS) is 13.0. The van der Waals surface area contributed by atoms with Gasteiger partial charge in [0.15, 0.2) is 0 Å². The topological polar surface area (TPSA) is 0 Å². The summed E-state index contributed by atoms with van der Waals surface area (Å²) in [6.45, 7) is 11.0. The van der Waals surface area contributed by atoms with Gasteiger partial charge in [-0.2, -0.15) is 0 Å². The second kappa shape index (κ2) is 20.1. The fraction of sp³-hybridized carbons (Fsp3) is 0.758. The molecule has 0 aliphatic heterocycles. The second-order valence-electron chi connectivity index (χ2n) is 11.4. The van der Waals surface area contributed by atoms with Crippen molar-refractivity contribution in [3.63, 3.8) is 0 Å². The summed E-state index contributed by atoms with van der Waals surface area (Å²) in [5.74, 6) is 0. The van der Waals surface area contributed by atoms with E-state index in [1.807, 2.05) is 6.08 Å². The number of hydrogen-bond donors (Lipinski definition) is 0. The van der Waals surface area contributed by atoms with Gasteiger partial charge in [0, 0.05) is 0 Å². The van der Waals surface area contributed by atoms with Gasteiger partial charge in [-0.3, -0.25) is 0 Å². The number of rotatable bonds is 24. The average Bonchev–Trinajstić information content (AvgIpc) is 2.86. The molecule has 0 heterocycles. The molecule has 0 radical (unpaired) electrons. The Balaban J connectivity index is 2.95. The van der Waals surface area contributed by atoms with E-state index in [2.05, 4.69) is 73.7 Å². The predicted octanol–water partition coefficient (Wildman–Crippen LogP) is 12.8. The Kier molecular flexibility index (Phi) is 19.1. The van der Waals surface area contributed by atoms with E-state index in [0.29, 0.717) is 0 Å². The molecule has 1 rings (SSSR count). The molecule has 35 heavy (non-hydrogen) atoms. The van der Waals surface area contributed by atoms with E-state index in [4.69, 9.17) is 0 Å². The molecule has 2 heteroatoms. The van der Waals surface area contributed by atoms with Gasteiger partial charge >= 0.3 is 235 Å². The zero-order valence-electron chi connectivity index (χ0n) is 24.0. The molecule has 0 unspecified atom stereocenters. The zero-order valence-corrected chi connectivity index (χ0v) is 27.0. The van der Waals surface area contributed by atoms with Crippen LogP contribution in [0.5, 0.6) is 0 Å². The number of benzene rings is 1. The van der Waals surface area contributed by atoms with Crippen molar-refractivity contribution in [2.24, 2.45) is 0 Å². The molecule has 0 aliphatic carbocycles. The summed E-state index contributed by atoms with van der Waals surface area (Å²) >= 11 is 3.15. The van der Waals surface area contributed by atoms with Gasteiger partial charge in [0.25, 0.3) is 0 Å². The number of halogens is 1. The molecule has 204 valence electrons. The van der Waals surface area contributed by atoms with Crippen LogP contribution in [0.1, 0.15) is 147 Å². The Bertz CT molecular complexity index is 591. The van der Waals surface area contributed by atoms with Gasteiger partial charge in [0.05, 0.1) is 0 Å². The Morgan fingerprint density at radius 2 is 0.914 bits per heavy atom. The van der Waals surface area contributed by atoms with Gasteiger partial charge in [-0.1, -0.05) is 0 Å². The minimum absolute atomic E-state index is 1.25. The third-order valence-corrected chi connectivity index (χ3v) is 18.8. The minimum atomic E-state index is -1.83. The molecule has 0 atom stereocenters. The van der Waals surface area contributed by atoms with Crippen molar-refractivity contribution in [2.75, 3.05) is 18.5 Å². The monoisotopic (exact) mass is 614 g/mol. The summed E-state index contributed by atoms with van der Waals surface area (Å²) in [5, 5.41) is 0. The van der Waals surface area contributed by atoms with E-state index in [0.717, 1.165) is 0 Å². The van der Waals surface area contributed by atoms with Crippen molar-refractivity contribution >= 4 is 32.4 Å². The summed E-state index contributed by atoms with van der Waals surface area (Å²) in [6.07, 6.45) is 33.6. The van der Waals surface area contributed by atoms with Crippen molar-refractivity contribution in [3.05, 3.63) is 42.0 Å². The Morgan fingerprint density at radius 3 is 1.26 bits per heavy atom. The van der Waals surface area contributed by atoms with E-state index in [1.54, 1.807) is 5.56 Å². The van der Waals surface area contributed by atoms with Gasteiger partial charge in [0.2, 0.25) is 0 Å². The molecular weight excluding hydrogens is 554 g/mol. The molecule has 0 aromatic heterocycles. The van der Waals surface area contributed by atoms with Gasteiger partial charge in [0.1, 0.15) is 0 Å². The van der Waals surface area contributed by atoms with Gasteiger partial charge in [-0.15, -0.1) is 0 Å². The third kappa shape index (κ3) is 15.2. The molecule has 0 bridgehead atoms. The molecule has 0 N–H and O–H groups in total. The Labute approximate surface area is 234 Å². The molecule has 0 spiro atoms. The van der Waals surface area contributed by atoms with E-state index < -0.39 is 4.25 Å². The first-order valence-corrected chi connectivity index (χ1v) is 21.2. The summed E-state index contributed by atoms with van der Waals surface area (Å²) in [5.41, 5.74) is 2.84. The first kappa shape index (κ1) is 33.1. The van der Waals surface area contributed by atoms with Crippen LogP contribution in [0.2, 0.25) is 0 Å². The zero-order chi connectivity index (χ0) is 25.7. The Morgan fingerprint density at radius 1 is 0.571 bits per heavy atom. The first-order chi connectivity index (χ1) is 17.0. The van der Waals surface area contributed by atoms with E-state index in [-0.39, 0.29) is 0 Å². The van der Waals surface area contributed by atoms with Gasteiger partial charge in [-0.25, -0.2) is 0 Å². The average molecular weight is 615 g/mol. The van der Waals surface area contributed by atoms with Crippen LogP contribution in [0.25, 0.3) is 6.08 Å². The number of hydrogen-bond acceptors (Lipinski definition) is 0. The van der Waals surface area contributed by atoms with E-state index in [9.17, 15) is 0 Å². The first-order valence-electron chi connectivity index (χ1n) is 15.4. The molecule has 1 aromatic carbocycles.